The fraction of sp³-hybridized carbons (Fsp3) is 0.862. The average molecular weight is 436 g/mol. The second-order valence-electron chi connectivity index (χ2n) is 12.9. The van der Waals surface area contributed by atoms with Crippen LogP contribution in [0.3, 0.4) is 0 Å². The molecule has 0 N–H and O–H groups in total. The lowest BCUT2D eigenvalue weighted by molar-refractivity contribution is -0.121. The van der Waals surface area contributed by atoms with E-state index in [1.807, 2.05) is 10.9 Å². The van der Waals surface area contributed by atoms with Gasteiger partial charge in [-0.3, -0.25) is 4.68 Å². The van der Waals surface area contributed by atoms with E-state index in [4.69, 9.17) is 5.26 Å². The molecule has 4 fully saturated rings. The van der Waals surface area contributed by atoms with E-state index >= 15 is 0 Å². The molecule has 1 heterocycles. The molecule has 3 nitrogen and oxygen atoms in total. The smallest absolute Gasteiger partial charge is 0.102 e. The molecule has 3 heteroatoms. The van der Waals surface area contributed by atoms with Crippen LogP contribution in [0.25, 0.3) is 0 Å². The van der Waals surface area contributed by atoms with Crippen LogP contribution in [0.15, 0.2) is 12.4 Å². The van der Waals surface area contributed by atoms with Gasteiger partial charge in [-0.25, -0.2) is 0 Å². The summed E-state index contributed by atoms with van der Waals surface area (Å²) in [5, 5.41) is 13.6. The van der Waals surface area contributed by atoms with E-state index in [2.05, 4.69) is 38.9 Å². The monoisotopic (exact) mass is 435 g/mol. The van der Waals surface area contributed by atoms with Gasteiger partial charge < -0.3 is 0 Å². The molecule has 9 unspecified atom stereocenters. The van der Waals surface area contributed by atoms with Gasteiger partial charge in [-0.2, -0.15) is 10.4 Å². The summed E-state index contributed by atoms with van der Waals surface area (Å²) in [6, 6.07) is 2.23. The lowest BCUT2D eigenvalue weighted by atomic mass is 9.44. The highest BCUT2D eigenvalue weighted by molar-refractivity contribution is 5.21. The Bertz CT molecular complexity index is 851. The number of fused-ring (bicyclic) bond motifs is 5. The second kappa shape index (κ2) is 8.48. The Morgan fingerprint density at radius 1 is 1.09 bits per heavy atom. The van der Waals surface area contributed by atoms with Gasteiger partial charge in [0.1, 0.15) is 6.07 Å². The van der Waals surface area contributed by atoms with Crippen LogP contribution in [-0.4, -0.2) is 9.78 Å². The maximum atomic E-state index is 9.14. The van der Waals surface area contributed by atoms with Crippen molar-refractivity contribution in [2.45, 2.75) is 105 Å². The maximum Gasteiger partial charge on any atom is 0.102 e. The quantitative estimate of drug-likeness (QED) is 0.481. The van der Waals surface area contributed by atoms with Gasteiger partial charge in [-0.1, -0.05) is 40.5 Å². The largest absolute Gasteiger partial charge is 0.271 e. The molecular weight excluding hydrogens is 390 g/mol. The highest BCUT2D eigenvalue weighted by atomic mass is 15.3. The number of hydrogen-bond donors (Lipinski definition) is 0. The van der Waals surface area contributed by atoms with Crippen molar-refractivity contribution in [2.24, 2.45) is 52.3 Å². The molecule has 1 aromatic heterocycles. The van der Waals surface area contributed by atoms with Crippen LogP contribution in [0, 0.1) is 63.6 Å². The van der Waals surface area contributed by atoms with Crippen LogP contribution in [0.5, 0.6) is 0 Å². The van der Waals surface area contributed by atoms with Crippen molar-refractivity contribution in [2.75, 3.05) is 0 Å². The van der Waals surface area contributed by atoms with Crippen LogP contribution in [0.1, 0.15) is 104 Å². The summed E-state index contributed by atoms with van der Waals surface area (Å²) >= 11 is 0. The third-order valence-electron chi connectivity index (χ3n) is 11.5. The predicted molar refractivity (Wildman–Crippen MR) is 130 cm³/mol. The van der Waals surface area contributed by atoms with Gasteiger partial charge in [0.2, 0.25) is 0 Å². The zero-order valence-electron chi connectivity index (χ0n) is 21.0. The summed E-state index contributed by atoms with van der Waals surface area (Å²) in [5.41, 5.74) is 1.82. The summed E-state index contributed by atoms with van der Waals surface area (Å²) < 4.78 is 2.02. The number of nitrogens with zero attached hydrogens (tertiary/aromatic N) is 3. The molecule has 0 bridgehead atoms. The normalized spacial score (nSPS) is 44.2. The van der Waals surface area contributed by atoms with Crippen molar-refractivity contribution in [3.63, 3.8) is 0 Å². The SMILES string of the molecule is CCCC1CCC2(C)C(CCC3C2CCC2(C)C(C(C)Cn4cc(C#N)cn4)CCC32)C1. The fourth-order valence-electron chi connectivity index (χ4n) is 9.94. The molecule has 0 aliphatic heterocycles. The number of hydrogen-bond acceptors (Lipinski definition) is 2. The Kier molecular flexibility index (Phi) is 5.96. The lowest BCUT2D eigenvalue weighted by Gasteiger charge is -2.61. The van der Waals surface area contributed by atoms with Gasteiger partial charge in [-0.15, -0.1) is 0 Å². The van der Waals surface area contributed by atoms with Gasteiger partial charge in [0.05, 0.1) is 11.8 Å². The Balaban J connectivity index is 1.30. The fourth-order valence-corrected chi connectivity index (χ4v) is 9.94. The van der Waals surface area contributed by atoms with Crippen molar-refractivity contribution in [1.82, 2.24) is 9.78 Å². The second-order valence-corrected chi connectivity index (χ2v) is 12.9. The summed E-state index contributed by atoms with van der Waals surface area (Å²) in [5.74, 6) is 6.35. The molecule has 5 rings (SSSR count). The molecule has 0 saturated heterocycles. The van der Waals surface area contributed by atoms with E-state index in [0.717, 1.165) is 42.1 Å². The maximum absolute atomic E-state index is 9.14. The standard InChI is InChI=1S/C29H45N3/c1-5-6-21-11-13-28(3)23(15-21)7-8-24-26-10-9-25(29(26,4)14-12-27(24)28)20(2)18-32-19-22(16-30)17-31-32/h17,19-21,23-27H,5-15,18H2,1-4H3. The van der Waals surface area contributed by atoms with Gasteiger partial charge in [0.25, 0.3) is 0 Å². The van der Waals surface area contributed by atoms with Gasteiger partial charge in [-0.05, 0) is 110 Å². The summed E-state index contributed by atoms with van der Waals surface area (Å²) in [6.45, 7) is 11.2. The Labute approximate surface area is 196 Å². The number of aromatic nitrogens is 2. The molecule has 4 aliphatic carbocycles. The Hall–Kier alpha value is -1.30. The zero-order valence-corrected chi connectivity index (χ0v) is 21.0. The minimum absolute atomic E-state index is 0.508. The molecule has 32 heavy (non-hydrogen) atoms. The molecule has 0 aromatic carbocycles. The van der Waals surface area contributed by atoms with E-state index < -0.39 is 0 Å². The van der Waals surface area contributed by atoms with Crippen LogP contribution < -0.4 is 0 Å². The molecule has 4 saturated carbocycles. The highest BCUT2D eigenvalue weighted by Gasteiger charge is 2.60. The van der Waals surface area contributed by atoms with E-state index in [9.17, 15) is 0 Å². The molecule has 176 valence electrons. The predicted octanol–water partition coefficient (Wildman–Crippen LogP) is 7.47. The summed E-state index contributed by atoms with van der Waals surface area (Å²) in [6.07, 6.45) is 19.8. The lowest BCUT2D eigenvalue weighted by Crippen LogP contribution is -2.53. The minimum atomic E-state index is 0.508. The molecule has 0 spiro atoms. The van der Waals surface area contributed by atoms with Gasteiger partial charge in [0.15, 0.2) is 0 Å². The van der Waals surface area contributed by atoms with Crippen molar-refractivity contribution in [1.29, 1.82) is 5.26 Å². The molecular formula is C29H45N3. The van der Waals surface area contributed by atoms with E-state index in [-0.39, 0.29) is 0 Å². The molecule has 9 atom stereocenters. The van der Waals surface area contributed by atoms with E-state index in [1.54, 1.807) is 6.20 Å². The van der Waals surface area contributed by atoms with Crippen molar-refractivity contribution < 1.29 is 0 Å². The highest BCUT2D eigenvalue weighted by Crippen LogP contribution is 2.68. The first-order valence-corrected chi connectivity index (χ1v) is 13.8. The Morgan fingerprint density at radius 3 is 2.62 bits per heavy atom. The summed E-state index contributed by atoms with van der Waals surface area (Å²) in [7, 11) is 0. The van der Waals surface area contributed by atoms with Crippen LogP contribution >= 0.6 is 0 Å². The first-order chi connectivity index (χ1) is 15.4. The third-order valence-corrected chi connectivity index (χ3v) is 11.5. The molecule has 0 radical (unpaired) electrons. The molecule has 0 amide bonds. The van der Waals surface area contributed by atoms with E-state index in [0.29, 0.717) is 22.3 Å². The minimum Gasteiger partial charge on any atom is -0.271 e. The third kappa shape index (κ3) is 3.56. The van der Waals surface area contributed by atoms with Crippen molar-refractivity contribution in [3.05, 3.63) is 18.0 Å². The first-order valence-electron chi connectivity index (χ1n) is 13.8. The van der Waals surface area contributed by atoms with Gasteiger partial charge >= 0.3 is 0 Å². The molecule has 4 aliphatic rings. The Morgan fingerprint density at radius 2 is 1.88 bits per heavy atom. The van der Waals surface area contributed by atoms with Crippen molar-refractivity contribution >= 4 is 0 Å². The van der Waals surface area contributed by atoms with Crippen LogP contribution in [0.2, 0.25) is 0 Å². The topological polar surface area (TPSA) is 41.6 Å². The van der Waals surface area contributed by atoms with Gasteiger partial charge in [0, 0.05) is 12.7 Å². The van der Waals surface area contributed by atoms with E-state index in [1.165, 1.54) is 70.6 Å². The van der Waals surface area contributed by atoms with Crippen LogP contribution in [0.4, 0.5) is 0 Å². The number of rotatable bonds is 5. The van der Waals surface area contributed by atoms with Crippen molar-refractivity contribution in [3.8, 4) is 6.07 Å². The number of nitriles is 1. The zero-order chi connectivity index (χ0) is 22.5. The summed E-state index contributed by atoms with van der Waals surface area (Å²) in [4.78, 5) is 0. The molecule has 1 aromatic rings. The van der Waals surface area contributed by atoms with Crippen LogP contribution in [-0.2, 0) is 6.54 Å². The first kappa shape index (κ1) is 22.5. The average Bonchev–Trinajstić information content (AvgIpc) is 3.37.